The second-order valence-electron chi connectivity index (χ2n) is 8.09. The lowest BCUT2D eigenvalue weighted by molar-refractivity contribution is -0.119. The van der Waals surface area contributed by atoms with Gasteiger partial charge in [-0.25, -0.2) is 0 Å². The first-order valence-corrected chi connectivity index (χ1v) is 12.1. The van der Waals surface area contributed by atoms with E-state index < -0.39 is 6.17 Å². The van der Waals surface area contributed by atoms with Gasteiger partial charge >= 0.3 is 6.01 Å². The van der Waals surface area contributed by atoms with Crippen molar-refractivity contribution in [2.45, 2.75) is 12.6 Å². The van der Waals surface area contributed by atoms with E-state index in [1.54, 1.807) is 17.6 Å². The van der Waals surface area contributed by atoms with Crippen LogP contribution in [0.2, 0.25) is 0 Å². The van der Waals surface area contributed by atoms with Crippen molar-refractivity contribution in [1.82, 2.24) is 10.2 Å². The van der Waals surface area contributed by atoms with E-state index in [9.17, 15) is 4.79 Å². The number of fused-ring (bicyclic) bond motifs is 1. The molecule has 0 amide bonds. The SMILES string of the molecule is O=C1Cc2ccccc2C(c2ccccc2)=N[C@@H]1Nc1nnc(-c2ccsc2N2C=COCC2)o1. The van der Waals surface area contributed by atoms with Crippen LogP contribution in [-0.2, 0) is 16.0 Å². The minimum absolute atomic E-state index is 0.0715. The number of hydrogen-bond donors (Lipinski definition) is 1. The fourth-order valence-electron chi connectivity index (χ4n) is 4.17. The number of aliphatic imine (C=N–C) groups is 1. The van der Waals surface area contributed by atoms with E-state index >= 15 is 0 Å². The molecule has 0 saturated heterocycles. The number of benzene rings is 2. The molecule has 6 rings (SSSR count). The third kappa shape index (κ3) is 4.22. The molecule has 174 valence electrons. The van der Waals surface area contributed by atoms with E-state index in [-0.39, 0.29) is 18.2 Å². The number of Topliss-reactive ketones (excluding diaryl/α,β-unsaturated/α-hetero) is 1. The van der Waals surface area contributed by atoms with E-state index in [4.69, 9.17) is 14.1 Å². The van der Waals surface area contributed by atoms with E-state index in [0.717, 1.165) is 39.5 Å². The van der Waals surface area contributed by atoms with Crippen molar-refractivity contribution in [3.63, 3.8) is 0 Å². The van der Waals surface area contributed by atoms with Gasteiger partial charge in [0, 0.05) is 23.7 Å². The van der Waals surface area contributed by atoms with Crippen molar-refractivity contribution < 1.29 is 13.9 Å². The molecule has 1 N–H and O–H groups in total. The van der Waals surface area contributed by atoms with Gasteiger partial charge in [0.15, 0.2) is 11.9 Å². The fraction of sp³-hybridized carbons (Fsp3) is 0.154. The maximum Gasteiger partial charge on any atom is 0.317 e. The number of aromatic nitrogens is 2. The minimum atomic E-state index is -0.852. The minimum Gasteiger partial charge on any atom is -0.498 e. The van der Waals surface area contributed by atoms with Crippen molar-refractivity contribution in [3.8, 4) is 11.5 Å². The molecule has 0 bridgehead atoms. The molecule has 0 spiro atoms. The van der Waals surface area contributed by atoms with Gasteiger partial charge in [-0.2, -0.15) is 0 Å². The van der Waals surface area contributed by atoms with Gasteiger partial charge < -0.3 is 19.4 Å². The number of hydrogen-bond acceptors (Lipinski definition) is 9. The Bertz CT molecular complexity index is 1430. The van der Waals surface area contributed by atoms with Gasteiger partial charge in [-0.1, -0.05) is 59.7 Å². The molecule has 0 unspecified atom stereocenters. The predicted molar refractivity (Wildman–Crippen MR) is 135 cm³/mol. The molecular formula is C26H21N5O3S. The van der Waals surface area contributed by atoms with E-state index in [1.807, 2.05) is 72.2 Å². The molecule has 2 aromatic carbocycles. The summed E-state index contributed by atoms with van der Waals surface area (Å²) in [5.74, 6) is 0.304. The van der Waals surface area contributed by atoms with Crippen LogP contribution in [0.5, 0.6) is 0 Å². The van der Waals surface area contributed by atoms with Gasteiger partial charge in [-0.05, 0) is 17.0 Å². The number of rotatable bonds is 5. The molecule has 2 aliphatic heterocycles. The average Bonchev–Trinajstić information content (AvgIpc) is 3.55. The molecule has 1 atom stereocenters. The largest absolute Gasteiger partial charge is 0.498 e. The Morgan fingerprint density at radius 2 is 1.86 bits per heavy atom. The molecule has 2 aromatic heterocycles. The van der Waals surface area contributed by atoms with Crippen LogP contribution in [0.1, 0.15) is 16.7 Å². The summed E-state index contributed by atoms with van der Waals surface area (Å²) in [6.45, 7) is 1.34. The highest BCUT2D eigenvalue weighted by molar-refractivity contribution is 7.14. The van der Waals surface area contributed by atoms with Crippen molar-refractivity contribution in [2.24, 2.45) is 4.99 Å². The summed E-state index contributed by atoms with van der Waals surface area (Å²) < 4.78 is 11.2. The Morgan fingerprint density at radius 1 is 1.00 bits per heavy atom. The second kappa shape index (κ2) is 9.19. The summed E-state index contributed by atoms with van der Waals surface area (Å²) in [6.07, 6.45) is 2.96. The Kier molecular flexibility index (Phi) is 5.59. The first kappa shape index (κ1) is 21.3. The van der Waals surface area contributed by atoms with Crippen LogP contribution in [-0.4, -0.2) is 41.0 Å². The standard InChI is InChI=1S/C26H21N5O3S/c32-21-16-18-8-4-5-9-19(18)22(17-6-2-1-3-7-17)27-23(21)28-26-30-29-24(34-26)20-10-15-35-25(20)31-11-13-33-14-12-31/h1-11,13,15,23H,12,14,16H2,(H,28,30)/t23-/m1/s1. The van der Waals surface area contributed by atoms with Gasteiger partial charge in [0.05, 0.1) is 24.1 Å². The molecular weight excluding hydrogens is 462 g/mol. The topological polar surface area (TPSA) is 92.9 Å². The predicted octanol–water partition coefficient (Wildman–Crippen LogP) is 4.51. The third-order valence-electron chi connectivity index (χ3n) is 5.86. The van der Waals surface area contributed by atoms with Crippen LogP contribution < -0.4 is 10.2 Å². The molecule has 0 radical (unpaired) electrons. The number of carbonyl (C=O) groups excluding carboxylic acids is 1. The number of nitrogens with zero attached hydrogens (tertiary/aromatic N) is 4. The van der Waals surface area contributed by atoms with Crippen molar-refractivity contribution >= 4 is 33.8 Å². The number of carbonyl (C=O) groups is 1. The highest BCUT2D eigenvalue weighted by Gasteiger charge is 2.27. The Hall–Kier alpha value is -4.24. The molecule has 0 fully saturated rings. The van der Waals surface area contributed by atoms with E-state index in [2.05, 4.69) is 20.4 Å². The van der Waals surface area contributed by atoms with Crippen LogP contribution >= 0.6 is 11.3 Å². The number of ether oxygens (including phenoxy) is 1. The molecule has 4 heterocycles. The maximum atomic E-state index is 13.2. The van der Waals surface area contributed by atoms with Gasteiger partial charge in [0.2, 0.25) is 0 Å². The Labute approximate surface area is 205 Å². The number of thiophene rings is 1. The lowest BCUT2D eigenvalue weighted by Crippen LogP contribution is -2.29. The summed E-state index contributed by atoms with van der Waals surface area (Å²) in [6, 6.07) is 19.8. The third-order valence-corrected chi connectivity index (χ3v) is 6.81. The highest BCUT2D eigenvalue weighted by atomic mass is 32.1. The molecule has 0 aliphatic carbocycles. The van der Waals surface area contributed by atoms with Crippen molar-refractivity contribution in [2.75, 3.05) is 23.4 Å². The van der Waals surface area contributed by atoms with Crippen LogP contribution in [0.3, 0.4) is 0 Å². The quantitative estimate of drug-likeness (QED) is 0.447. The molecule has 2 aliphatic rings. The average molecular weight is 484 g/mol. The van der Waals surface area contributed by atoms with Crippen molar-refractivity contribution in [1.29, 1.82) is 0 Å². The molecule has 9 heteroatoms. The van der Waals surface area contributed by atoms with Crippen LogP contribution in [0.25, 0.3) is 11.5 Å². The molecule has 8 nitrogen and oxygen atoms in total. The molecule has 0 saturated carbocycles. The van der Waals surface area contributed by atoms with Crippen molar-refractivity contribution in [3.05, 3.63) is 95.2 Å². The zero-order valence-corrected chi connectivity index (χ0v) is 19.4. The monoisotopic (exact) mass is 483 g/mol. The molecule has 4 aromatic rings. The zero-order valence-electron chi connectivity index (χ0n) is 18.6. The normalized spacial score (nSPS) is 17.4. The van der Waals surface area contributed by atoms with E-state index in [1.165, 1.54) is 0 Å². The number of nitrogens with one attached hydrogen (secondary N) is 1. The zero-order chi connectivity index (χ0) is 23.6. The first-order chi connectivity index (χ1) is 17.3. The number of ketones is 1. The van der Waals surface area contributed by atoms with Gasteiger partial charge in [0.25, 0.3) is 5.89 Å². The fourth-order valence-corrected chi connectivity index (χ4v) is 5.08. The Balaban J connectivity index is 1.31. The van der Waals surface area contributed by atoms with Crippen LogP contribution in [0.4, 0.5) is 11.0 Å². The molecule has 35 heavy (non-hydrogen) atoms. The summed E-state index contributed by atoms with van der Waals surface area (Å²) in [5, 5.41) is 14.4. The van der Waals surface area contributed by atoms with Crippen LogP contribution in [0.15, 0.2) is 87.9 Å². The lowest BCUT2D eigenvalue weighted by Gasteiger charge is -2.22. The number of anilines is 2. The van der Waals surface area contributed by atoms with E-state index in [0.29, 0.717) is 12.5 Å². The summed E-state index contributed by atoms with van der Waals surface area (Å²) in [7, 11) is 0. The second-order valence-corrected chi connectivity index (χ2v) is 8.99. The highest BCUT2D eigenvalue weighted by Crippen LogP contribution is 2.36. The summed E-state index contributed by atoms with van der Waals surface area (Å²) >= 11 is 1.58. The smallest absolute Gasteiger partial charge is 0.317 e. The van der Waals surface area contributed by atoms with Crippen LogP contribution in [0, 0.1) is 0 Å². The first-order valence-electron chi connectivity index (χ1n) is 11.2. The lowest BCUT2D eigenvalue weighted by atomic mass is 9.96. The maximum absolute atomic E-state index is 13.2. The van der Waals surface area contributed by atoms with Gasteiger partial charge in [-0.15, -0.1) is 16.4 Å². The summed E-state index contributed by atoms with van der Waals surface area (Å²) in [5.41, 5.74) is 4.41. The Morgan fingerprint density at radius 3 is 2.71 bits per heavy atom. The van der Waals surface area contributed by atoms with Gasteiger partial charge in [-0.3, -0.25) is 9.79 Å². The summed E-state index contributed by atoms with van der Waals surface area (Å²) in [4.78, 5) is 20.1. The van der Waals surface area contributed by atoms with Gasteiger partial charge in [0.1, 0.15) is 11.6 Å².